The highest BCUT2D eigenvalue weighted by Crippen LogP contribution is 2.24. The van der Waals surface area contributed by atoms with Gasteiger partial charge in [0.15, 0.2) is 0 Å². The normalized spacial score (nSPS) is 16.1. The number of sulfonamides is 1. The molecule has 28 heavy (non-hydrogen) atoms. The lowest BCUT2D eigenvalue weighted by atomic mass is 10.1. The lowest BCUT2D eigenvalue weighted by Gasteiger charge is -2.27. The van der Waals surface area contributed by atoms with E-state index in [0.717, 1.165) is 25.8 Å². The zero-order chi connectivity index (χ0) is 20.9. The van der Waals surface area contributed by atoms with Crippen LogP contribution in [0.15, 0.2) is 23.1 Å². The summed E-state index contributed by atoms with van der Waals surface area (Å²) in [7, 11) is -3.56. The van der Waals surface area contributed by atoms with Crippen LogP contribution >= 0.6 is 0 Å². The van der Waals surface area contributed by atoms with Crippen molar-refractivity contribution < 1.29 is 18.1 Å². The molecule has 158 valence electrons. The summed E-state index contributed by atoms with van der Waals surface area (Å²) in [5, 5.41) is 2.95. The van der Waals surface area contributed by atoms with Crippen LogP contribution in [0.25, 0.3) is 0 Å². The lowest BCUT2D eigenvalue weighted by Crippen LogP contribution is -3.18. The quantitative estimate of drug-likeness (QED) is 0.684. The van der Waals surface area contributed by atoms with Crippen LogP contribution in [0.5, 0.6) is 0 Å². The summed E-state index contributed by atoms with van der Waals surface area (Å²) in [6.07, 6.45) is 2.85. The molecule has 0 spiro atoms. The third-order valence-corrected chi connectivity index (χ3v) is 7.61. The second kappa shape index (κ2) is 9.85. The van der Waals surface area contributed by atoms with Gasteiger partial charge in [-0.3, -0.25) is 4.79 Å². The van der Waals surface area contributed by atoms with E-state index < -0.39 is 10.0 Å². The Balaban J connectivity index is 2.10. The number of aryl methyl sites for hydroxylation is 1. The largest absolute Gasteiger partial charge is 0.346 e. The molecule has 7 heteroatoms. The number of nitrogens with zero attached hydrogens (tertiary/aromatic N) is 1. The van der Waals surface area contributed by atoms with E-state index in [-0.39, 0.29) is 10.8 Å². The van der Waals surface area contributed by atoms with Gasteiger partial charge >= 0.3 is 0 Å². The number of hydrogen-bond acceptors (Lipinski definition) is 3. The molecule has 1 aliphatic rings. The molecule has 2 rings (SSSR count). The minimum absolute atomic E-state index is 0.220. The number of amides is 1. The summed E-state index contributed by atoms with van der Waals surface area (Å²) in [5.41, 5.74) is 1.08. The standard InChI is InChI=1S/C21H35N3O3S/c1-16(2)24(17(3)4)14-11-22-21(25)19-10-9-18(5)20(15-19)28(26,27)23-12-7-6-8-13-23/h9-10,15-17H,6-8,11-14H2,1-5H3,(H,22,25)/p+1. The summed E-state index contributed by atoms with van der Waals surface area (Å²) < 4.78 is 27.6. The number of hydrogen-bond donors (Lipinski definition) is 2. The number of carbonyl (C=O) groups excluding carboxylic acids is 1. The Morgan fingerprint density at radius 1 is 1.11 bits per heavy atom. The summed E-state index contributed by atoms with van der Waals surface area (Å²) >= 11 is 0. The minimum atomic E-state index is -3.56. The van der Waals surface area contributed by atoms with E-state index in [1.165, 1.54) is 11.0 Å². The molecule has 2 N–H and O–H groups in total. The van der Waals surface area contributed by atoms with Gasteiger partial charge in [0.05, 0.1) is 30.1 Å². The fourth-order valence-electron chi connectivity index (χ4n) is 3.93. The molecule has 1 aliphatic heterocycles. The Kier molecular flexibility index (Phi) is 8.04. The van der Waals surface area contributed by atoms with Gasteiger partial charge in [-0.15, -0.1) is 0 Å². The van der Waals surface area contributed by atoms with Crippen molar-refractivity contribution in [3.63, 3.8) is 0 Å². The van der Waals surface area contributed by atoms with E-state index in [0.29, 0.717) is 42.8 Å². The zero-order valence-corrected chi connectivity index (χ0v) is 18.7. The topological polar surface area (TPSA) is 70.9 Å². The van der Waals surface area contributed by atoms with Crippen LogP contribution in [0.3, 0.4) is 0 Å². The van der Waals surface area contributed by atoms with E-state index in [9.17, 15) is 13.2 Å². The monoisotopic (exact) mass is 410 g/mol. The number of rotatable bonds is 8. The van der Waals surface area contributed by atoms with Crippen LogP contribution in [-0.2, 0) is 10.0 Å². The summed E-state index contributed by atoms with van der Waals surface area (Å²) in [6, 6.07) is 5.93. The van der Waals surface area contributed by atoms with Crippen molar-refractivity contribution in [2.45, 2.75) is 70.9 Å². The van der Waals surface area contributed by atoms with Crippen LogP contribution < -0.4 is 10.2 Å². The maximum Gasteiger partial charge on any atom is 0.251 e. The first kappa shape index (κ1) is 22.8. The van der Waals surface area contributed by atoms with Crippen molar-refractivity contribution in [1.82, 2.24) is 9.62 Å². The predicted octanol–water partition coefficient (Wildman–Crippen LogP) is 1.60. The summed E-state index contributed by atoms with van der Waals surface area (Å²) in [6.45, 7) is 13.0. The Bertz CT molecular complexity index is 761. The van der Waals surface area contributed by atoms with E-state index >= 15 is 0 Å². The van der Waals surface area contributed by atoms with Gasteiger partial charge in [0.1, 0.15) is 0 Å². The summed E-state index contributed by atoms with van der Waals surface area (Å²) in [5.74, 6) is -0.220. The van der Waals surface area contributed by atoms with Crippen LogP contribution in [0.4, 0.5) is 0 Å². The average molecular weight is 411 g/mol. The van der Waals surface area contributed by atoms with E-state index in [1.54, 1.807) is 23.4 Å². The van der Waals surface area contributed by atoms with Crippen LogP contribution in [0, 0.1) is 6.92 Å². The first-order valence-electron chi connectivity index (χ1n) is 10.4. The van der Waals surface area contributed by atoms with Crippen molar-refractivity contribution in [2.24, 2.45) is 0 Å². The molecule has 0 radical (unpaired) electrons. The first-order chi connectivity index (χ1) is 13.1. The van der Waals surface area contributed by atoms with E-state index in [2.05, 4.69) is 33.0 Å². The number of piperidine rings is 1. The molecule has 0 saturated carbocycles. The second-order valence-electron chi connectivity index (χ2n) is 8.34. The molecule has 1 saturated heterocycles. The third kappa shape index (κ3) is 5.55. The Labute approximate surface area is 170 Å². The predicted molar refractivity (Wildman–Crippen MR) is 112 cm³/mol. The van der Waals surface area contributed by atoms with Gasteiger partial charge in [0.2, 0.25) is 10.0 Å². The molecule has 1 fully saturated rings. The first-order valence-corrected chi connectivity index (χ1v) is 11.8. The van der Waals surface area contributed by atoms with Gasteiger partial charge in [-0.2, -0.15) is 4.31 Å². The van der Waals surface area contributed by atoms with Gasteiger partial charge in [0, 0.05) is 18.7 Å². The number of benzene rings is 1. The summed E-state index contributed by atoms with van der Waals surface area (Å²) in [4.78, 5) is 14.3. The van der Waals surface area contributed by atoms with E-state index in [4.69, 9.17) is 0 Å². The highest BCUT2D eigenvalue weighted by atomic mass is 32.2. The molecular weight excluding hydrogens is 374 g/mol. The van der Waals surface area contributed by atoms with Gasteiger partial charge in [0.25, 0.3) is 5.91 Å². The third-order valence-electron chi connectivity index (χ3n) is 5.57. The van der Waals surface area contributed by atoms with E-state index in [1.807, 2.05) is 0 Å². The number of quaternary nitrogens is 1. The highest BCUT2D eigenvalue weighted by molar-refractivity contribution is 7.89. The van der Waals surface area contributed by atoms with Gasteiger partial charge in [-0.25, -0.2) is 8.42 Å². The van der Waals surface area contributed by atoms with Gasteiger partial charge in [-0.05, 0) is 65.2 Å². The molecule has 0 unspecified atom stereocenters. The van der Waals surface area contributed by atoms with Crippen molar-refractivity contribution in [2.75, 3.05) is 26.2 Å². The second-order valence-corrected chi connectivity index (χ2v) is 10.2. The molecular formula is C21H36N3O3S+. The van der Waals surface area contributed by atoms with Crippen molar-refractivity contribution >= 4 is 15.9 Å². The molecule has 0 atom stereocenters. The Hall–Kier alpha value is -1.44. The average Bonchev–Trinajstić information content (AvgIpc) is 2.65. The molecule has 0 aromatic heterocycles. The minimum Gasteiger partial charge on any atom is -0.346 e. The molecule has 1 amide bonds. The maximum absolute atomic E-state index is 13.0. The van der Waals surface area contributed by atoms with Crippen LogP contribution in [0.1, 0.15) is 62.9 Å². The maximum atomic E-state index is 13.0. The molecule has 1 aromatic carbocycles. The molecule has 6 nitrogen and oxygen atoms in total. The smallest absolute Gasteiger partial charge is 0.251 e. The SMILES string of the molecule is Cc1ccc(C(=O)NCC[NH+](C(C)C)C(C)C)cc1S(=O)(=O)N1CCCCC1. The molecule has 0 bridgehead atoms. The number of nitrogens with one attached hydrogen (secondary N) is 2. The number of carbonyl (C=O) groups is 1. The molecule has 1 heterocycles. The fourth-order valence-corrected chi connectivity index (χ4v) is 5.70. The molecule has 0 aliphatic carbocycles. The van der Waals surface area contributed by atoms with Gasteiger partial charge in [-0.1, -0.05) is 12.5 Å². The Morgan fingerprint density at radius 2 is 1.71 bits per heavy atom. The highest BCUT2D eigenvalue weighted by Gasteiger charge is 2.28. The molecule has 1 aromatic rings. The fraction of sp³-hybridized carbons (Fsp3) is 0.667. The zero-order valence-electron chi connectivity index (χ0n) is 17.9. The Morgan fingerprint density at radius 3 is 2.29 bits per heavy atom. The van der Waals surface area contributed by atoms with Gasteiger partial charge < -0.3 is 10.2 Å². The van der Waals surface area contributed by atoms with Crippen molar-refractivity contribution in [3.05, 3.63) is 29.3 Å². The van der Waals surface area contributed by atoms with Crippen LogP contribution in [-0.4, -0.2) is 56.9 Å². The lowest BCUT2D eigenvalue weighted by molar-refractivity contribution is -0.941. The van der Waals surface area contributed by atoms with Crippen molar-refractivity contribution in [1.29, 1.82) is 0 Å². The van der Waals surface area contributed by atoms with Crippen LogP contribution in [0.2, 0.25) is 0 Å². The van der Waals surface area contributed by atoms with Crippen molar-refractivity contribution in [3.8, 4) is 0 Å².